The first-order valence-corrected chi connectivity index (χ1v) is 10.8. The van der Waals surface area contributed by atoms with E-state index in [4.69, 9.17) is 9.47 Å². The van der Waals surface area contributed by atoms with Crippen LogP contribution in [-0.4, -0.2) is 23.2 Å². The van der Waals surface area contributed by atoms with Crippen molar-refractivity contribution in [3.8, 4) is 11.5 Å². The van der Waals surface area contributed by atoms with E-state index in [0.717, 1.165) is 22.5 Å². The number of para-hydroxylation sites is 2. The van der Waals surface area contributed by atoms with Crippen molar-refractivity contribution in [2.75, 3.05) is 13.2 Å². The smallest absolute Gasteiger partial charge is 0.161 e. The fourth-order valence-electron chi connectivity index (χ4n) is 4.44. The summed E-state index contributed by atoms with van der Waals surface area (Å²) < 4.78 is 11.8. The number of hydrogen-bond donors (Lipinski definition) is 2. The van der Waals surface area contributed by atoms with E-state index in [-0.39, 0.29) is 5.92 Å². The predicted octanol–water partition coefficient (Wildman–Crippen LogP) is 6.63. The Balaban J connectivity index is 1.74. The molecule has 5 rings (SSSR count). The summed E-state index contributed by atoms with van der Waals surface area (Å²) in [6.07, 6.45) is 4.27. The third kappa shape index (κ3) is 3.44. The molecule has 5 aromatic rings. The second-order valence-electron chi connectivity index (χ2n) is 7.58. The molecule has 0 fully saturated rings. The van der Waals surface area contributed by atoms with Crippen molar-refractivity contribution in [2.24, 2.45) is 0 Å². The lowest BCUT2D eigenvalue weighted by Gasteiger charge is -2.20. The molecule has 2 heterocycles. The van der Waals surface area contributed by atoms with Crippen molar-refractivity contribution in [2.45, 2.75) is 19.8 Å². The van der Waals surface area contributed by atoms with E-state index < -0.39 is 0 Å². The minimum Gasteiger partial charge on any atom is -0.490 e. The molecule has 0 atom stereocenters. The molecule has 0 amide bonds. The number of aromatic nitrogens is 2. The average Bonchev–Trinajstić information content (AvgIpc) is 3.41. The van der Waals surface area contributed by atoms with Crippen molar-refractivity contribution in [3.63, 3.8) is 0 Å². The number of nitrogens with one attached hydrogen (secondary N) is 2. The molecule has 3 aromatic carbocycles. The lowest BCUT2D eigenvalue weighted by Crippen LogP contribution is -2.05. The van der Waals surface area contributed by atoms with E-state index in [0.29, 0.717) is 13.2 Å². The molecule has 0 unspecified atom stereocenters. The van der Waals surface area contributed by atoms with Crippen LogP contribution in [0.2, 0.25) is 0 Å². The molecule has 0 aliphatic rings. The van der Waals surface area contributed by atoms with E-state index in [1.807, 2.05) is 19.9 Å². The minimum absolute atomic E-state index is 0.0437. The Morgan fingerprint density at radius 1 is 0.677 bits per heavy atom. The van der Waals surface area contributed by atoms with Gasteiger partial charge in [0, 0.05) is 40.1 Å². The average molecular weight is 411 g/mol. The van der Waals surface area contributed by atoms with Crippen LogP contribution >= 0.6 is 0 Å². The first-order chi connectivity index (χ1) is 15.3. The Bertz CT molecular complexity index is 1260. The van der Waals surface area contributed by atoms with Gasteiger partial charge >= 0.3 is 0 Å². The van der Waals surface area contributed by atoms with Crippen molar-refractivity contribution in [1.29, 1.82) is 0 Å². The monoisotopic (exact) mass is 410 g/mol. The first kappa shape index (κ1) is 19.3. The van der Waals surface area contributed by atoms with Crippen molar-refractivity contribution in [3.05, 3.63) is 95.8 Å². The summed E-state index contributed by atoms with van der Waals surface area (Å²) in [5.41, 5.74) is 5.93. The van der Waals surface area contributed by atoms with Gasteiger partial charge in [0.1, 0.15) is 0 Å². The van der Waals surface area contributed by atoms with Crippen LogP contribution in [0, 0.1) is 0 Å². The van der Waals surface area contributed by atoms with Gasteiger partial charge in [-0.3, -0.25) is 0 Å². The number of aromatic amines is 2. The molecule has 4 heteroatoms. The quantitative estimate of drug-likeness (QED) is 0.316. The zero-order chi connectivity index (χ0) is 21.2. The fraction of sp³-hybridized carbons (Fsp3) is 0.185. The van der Waals surface area contributed by atoms with Gasteiger partial charge in [-0.1, -0.05) is 42.5 Å². The Labute approximate surface area is 181 Å². The van der Waals surface area contributed by atoms with Crippen molar-refractivity contribution < 1.29 is 9.47 Å². The summed E-state index contributed by atoms with van der Waals surface area (Å²) >= 11 is 0. The summed E-state index contributed by atoms with van der Waals surface area (Å²) in [5, 5.41) is 2.45. The second-order valence-corrected chi connectivity index (χ2v) is 7.58. The summed E-state index contributed by atoms with van der Waals surface area (Å²) in [4.78, 5) is 6.91. The summed E-state index contributed by atoms with van der Waals surface area (Å²) in [5.74, 6) is 1.61. The topological polar surface area (TPSA) is 50.0 Å². The zero-order valence-corrected chi connectivity index (χ0v) is 17.8. The molecule has 2 N–H and O–H groups in total. The normalized spacial score (nSPS) is 11.5. The fourth-order valence-corrected chi connectivity index (χ4v) is 4.44. The number of rotatable bonds is 7. The van der Waals surface area contributed by atoms with Crippen LogP contribution in [0.4, 0.5) is 0 Å². The van der Waals surface area contributed by atoms with Gasteiger partial charge in [0.25, 0.3) is 0 Å². The predicted molar refractivity (Wildman–Crippen MR) is 126 cm³/mol. The zero-order valence-electron chi connectivity index (χ0n) is 17.8. The molecule has 0 saturated carbocycles. The van der Waals surface area contributed by atoms with Gasteiger partial charge in [-0.15, -0.1) is 0 Å². The molecule has 2 aromatic heterocycles. The Hall–Kier alpha value is -3.66. The highest BCUT2D eigenvalue weighted by Gasteiger charge is 2.24. The second kappa shape index (κ2) is 8.23. The lowest BCUT2D eigenvalue weighted by atomic mass is 9.84. The number of benzene rings is 3. The molecule has 31 heavy (non-hydrogen) atoms. The molecule has 4 nitrogen and oxygen atoms in total. The maximum absolute atomic E-state index is 5.95. The SMILES string of the molecule is CCOc1ccc(C(c2c[nH]c3ccccc23)c2c[nH]c3ccccc23)cc1OCC. The lowest BCUT2D eigenvalue weighted by molar-refractivity contribution is 0.287. The van der Waals surface area contributed by atoms with Crippen molar-refractivity contribution in [1.82, 2.24) is 9.97 Å². The molecular formula is C27H26N2O2. The van der Waals surface area contributed by atoms with Crippen LogP contribution in [0.15, 0.2) is 79.1 Å². The summed E-state index contributed by atoms with van der Waals surface area (Å²) in [6, 6.07) is 23.2. The molecule has 0 radical (unpaired) electrons. The Kier molecular flexibility index (Phi) is 5.13. The van der Waals surface area contributed by atoms with E-state index in [2.05, 4.69) is 83.0 Å². The van der Waals surface area contributed by atoms with E-state index >= 15 is 0 Å². The molecule has 0 bridgehead atoms. The van der Waals surface area contributed by atoms with Gasteiger partial charge < -0.3 is 19.4 Å². The van der Waals surface area contributed by atoms with E-state index in [9.17, 15) is 0 Å². The van der Waals surface area contributed by atoms with Crippen LogP contribution in [0.25, 0.3) is 21.8 Å². The third-order valence-corrected chi connectivity index (χ3v) is 5.77. The summed E-state index contributed by atoms with van der Waals surface area (Å²) in [6.45, 7) is 5.19. The van der Waals surface area contributed by atoms with Gasteiger partial charge in [0.05, 0.1) is 13.2 Å². The standard InChI is InChI=1S/C27H26N2O2/c1-3-30-25-14-13-18(15-26(25)31-4-2)27(21-16-28-23-11-7-5-9-19(21)23)22-17-29-24-12-8-6-10-20(22)24/h5-17,27-29H,3-4H2,1-2H3. The van der Waals surface area contributed by atoms with Crippen LogP contribution in [0.5, 0.6) is 11.5 Å². The Morgan fingerprint density at radius 3 is 1.81 bits per heavy atom. The molecule has 0 aliphatic heterocycles. The number of fused-ring (bicyclic) bond motifs is 2. The minimum atomic E-state index is 0.0437. The van der Waals surface area contributed by atoms with Gasteiger partial charge in [-0.05, 0) is 54.8 Å². The molecule has 0 saturated heterocycles. The van der Waals surface area contributed by atoms with Crippen molar-refractivity contribution >= 4 is 21.8 Å². The molecule has 156 valence electrons. The largest absolute Gasteiger partial charge is 0.490 e. The number of hydrogen-bond acceptors (Lipinski definition) is 2. The van der Waals surface area contributed by atoms with Gasteiger partial charge in [0.15, 0.2) is 11.5 Å². The van der Waals surface area contributed by atoms with Crippen LogP contribution in [0.3, 0.4) is 0 Å². The highest BCUT2D eigenvalue weighted by Crippen LogP contribution is 2.42. The van der Waals surface area contributed by atoms with E-state index in [1.165, 1.54) is 27.5 Å². The highest BCUT2D eigenvalue weighted by molar-refractivity contribution is 5.89. The number of H-pyrrole nitrogens is 2. The van der Waals surface area contributed by atoms with Gasteiger partial charge in [0.2, 0.25) is 0 Å². The molecule has 0 aliphatic carbocycles. The Morgan fingerprint density at radius 2 is 1.23 bits per heavy atom. The van der Waals surface area contributed by atoms with E-state index in [1.54, 1.807) is 0 Å². The number of ether oxygens (including phenoxy) is 2. The van der Waals surface area contributed by atoms with Crippen LogP contribution < -0.4 is 9.47 Å². The van der Waals surface area contributed by atoms with Gasteiger partial charge in [-0.25, -0.2) is 0 Å². The van der Waals surface area contributed by atoms with Crippen LogP contribution in [0.1, 0.15) is 36.5 Å². The van der Waals surface area contributed by atoms with Gasteiger partial charge in [-0.2, -0.15) is 0 Å². The molecule has 0 spiro atoms. The first-order valence-electron chi connectivity index (χ1n) is 10.8. The highest BCUT2D eigenvalue weighted by atomic mass is 16.5. The van der Waals surface area contributed by atoms with Crippen LogP contribution in [-0.2, 0) is 0 Å². The third-order valence-electron chi connectivity index (χ3n) is 5.77. The maximum atomic E-state index is 5.95. The summed E-state index contributed by atoms with van der Waals surface area (Å²) in [7, 11) is 0. The maximum Gasteiger partial charge on any atom is 0.161 e. The molecular weight excluding hydrogens is 384 g/mol.